The van der Waals surface area contributed by atoms with Gasteiger partial charge in [0.1, 0.15) is 19.5 Å². The average Bonchev–Trinajstić information content (AvgIpc) is 2.79. The molecule has 0 bridgehead atoms. The Labute approximate surface area is 198 Å². The lowest BCUT2D eigenvalue weighted by Crippen LogP contribution is -2.08. The van der Waals surface area contributed by atoms with Gasteiger partial charge < -0.3 is 14.4 Å². The third kappa shape index (κ3) is 28.3. The van der Waals surface area contributed by atoms with Crippen LogP contribution in [0.2, 0.25) is 0 Å². The molecule has 194 valence electrons. The molecule has 0 N–H and O–H groups in total. The van der Waals surface area contributed by atoms with Gasteiger partial charge in [-0.1, -0.05) is 96.8 Å². The number of carbonyl (C=O) groups is 2. The van der Waals surface area contributed by atoms with Crippen LogP contribution in [0.25, 0.3) is 0 Å². The fourth-order valence-corrected chi connectivity index (χ4v) is 3.15. The average molecular weight is 477 g/mol. The Hall–Kier alpha value is -1.68. The first-order chi connectivity index (χ1) is 16.2. The third-order valence-corrected chi connectivity index (χ3v) is 4.91. The van der Waals surface area contributed by atoms with E-state index in [0.29, 0.717) is 6.42 Å². The van der Waals surface area contributed by atoms with Gasteiger partial charge in [-0.2, -0.15) is 0 Å². The van der Waals surface area contributed by atoms with Crippen molar-refractivity contribution in [2.45, 2.75) is 117 Å². The van der Waals surface area contributed by atoms with Crippen LogP contribution in [-0.4, -0.2) is 25.2 Å². The van der Waals surface area contributed by atoms with E-state index >= 15 is 0 Å². The normalized spacial score (nSPS) is 11.1. The van der Waals surface area contributed by atoms with Gasteiger partial charge in [-0.15, -0.1) is 0 Å². The van der Waals surface area contributed by atoms with Gasteiger partial charge in [0, 0.05) is 23.4 Å². The van der Waals surface area contributed by atoms with Crippen molar-refractivity contribution in [2.24, 2.45) is 0 Å². The van der Waals surface area contributed by atoms with Crippen molar-refractivity contribution in [3.05, 3.63) is 12.5 Å². The molecule has 0 aromatic carbocycles. The number of unbranched alkanes of at least 4 members (excludes halogenated alkanes) is 14. The monoisotopic (exact) mass is 476 g/mol. The lowest BCUT2D eigenvalue weighted by Gasteiger charge is -2.03. The van der Waals surface area contributed by atoms with E-state index in [9.17, 15) is 9.59 Å². The number of ether oxygens (including phenoxy) is 2. The highest BCUT2D eigenvalue weighted by atomic mass is 17.8. The number of carbonyl (C=O) groups excluding carboxylic acids is 2. The van der Waals surface area contributed by atoms with E-state index in [1.54, 1.807) is 0 Å². The SMILES string of the molecule is CCCCCCCCCCCCCCCCCC(=O)OC=COOOOOCCOC(C)=O. The van der Waals surface area contributed by atoms with Crippen molar-refractivity contribution in [1.29, 1.82) is 0 Å². The van der Waals surface area contributed by atoms with Gasteiger partial charge in [0.25, 0.3) is 0 Å². The van der Waals surface area contributed by atoms with E-state index in [4.69, 9.17) is 4.74 Å². The number of esters is 2. The van der Waals surface area contributed by atoms with Crippen molar-refractivity contribution >= 4 is 11.9 Å². The molecule has 0 unspecified atom stereocenters. The van der Waals surface area contributed by atoms with Gasteiger partial charge in [-0.3, -0.25) is 9.59 Å². The Morgan fingerprint density at radius 1 is 0.636 bits per heavy atom. The maximum Gasteiger partial charge on any atom is 0.310 e. The van der Waals surface area contributed by atoms with Gasteiger partial charge in [0.05, 0.1) is 0 Å². The Morgan fingerprint density at radius 3 is 1.73 bits per heavy atom. The zero-order chi connectivity index (χ0) is 24.2. The smallest absolute Gasteiger partial charge is 0.310 e. The predicted molar refractivity (Wildman–Crippen MR) is 122 cm³/mol. The first-order valence-corrected chi connectivity index (χ1v) is 12.4. The molecule has 33 heavy (non-hydrogen) atoms. The van der Waals surface area contributed by atoms with Gasteiger partial charge in [-0.05, 0) is 11.5 Å². The summed E-state index contributed by atoms with van der Waals surface area (Å²) < 4.78 is 9.42. The van der Waals surface area contributed by atoms with Crippen LogP contribution in [0.4, 0.5) is 0 Å². The van der Waals surface area contributed by atoms with Crippen LogP contribution in [0.3, 0.4) is 0 Å². The largest absolute Gasteiger partial charge is 0.463 e. The Balaban J connectivity index is 3.23. The van der Waals surface area contributed by atoms with Gasteiger partial charge in [-0.25, -0.2) is 4.89 Å². The molecule has 0 rings (SSSR count). The topological polar surface area (TPSA) is 98.8 Å². The van der Waals surface area contributed by atoms with Crippen molar-refractivity contribution in [1.82, 2.24) is 0 Å². The minimum Gasteiger partial charge on any atom is -0.463 e. The lowest BCUT2D eigenvalue weighted by molar-refractivity contribution is -0.700. The highest BCUT2D eigenvalue weighted by Gasteiger charge is 2.01. The van der Waals surface area contributed by atoms with Crippen LogP contribution in [0.5, 0.6) is 0 Å². The summed E-state index contributed by atoms with van der Waals surface area (Å²) in [5.41, 5.74) is 0. The highest BCUT2D eigenvalue weighted by molar-refractivity contribution is 5.69. The summed E-state index contributed by atoms with van der Waals surface area (Å²) in [7, 11) is 0. The first-order valence-electron chi connectivity index (χ1n) is 12.4. The molecular formula is C24H44O9. The standard InChI is InChI=1S/C24H44O9/c1-3-4-5-6-7-8-9-10-11-12-13-14-15-16-17-18-24(26)28-20-22-30-32-33-31-29-21-19-27-23(2)25/h20,22H,3-19,21H2,1-2H3. The fraction of sp³-hybridized carbons (Fsp3) is 0.833. The van der Waals surface area contributed by atoms with Crippen molar-refractivity contribution in [3.63, 3.8) is 0 Å². The number of hydrogen-bond acceptors (Lipinski definition) is 9. The minimum absolute atomic E-state index is 0.00869. The quantitative estimate of drug-likeness (QED) is 0.0476. The fourth-order valence-electron chi connectivity index (χ4n) is 3.15. The second kappa shape index (κ2) is 26.6. The summed E-state index contributed by atoms with van der Waals surface area (Å²) in [6.45, 7) is 3.49. The third-order valence-electron chi connectivity index (χ3n) is 4.91. The second-order valence-corrected chi connectivity index (χ2v) is 7.92. The van der Waals surface area contributed by atoms with Gasteiger partial charge >= 0.3 is 11.9 Å². The van der Waals surface area contributed by atoms with Crippen LogP contribution in [0, 0.1) is 0 Å². The molecule has 0 aromatic rings. The Morgan fingerprint density at radius 2 is 1.18 bits per heavy atom. The first kappa shape index (κ1) is 31.3. The molecule has 0 aliphatic carbocycles. The maximum atomic E-state index is 11.6. The summed E-state index contributed by atoms with van der Waals surface area (Å²) in [6.07, 6.45) is 21.6. The van der Waals surface area contributed by atoms with E-state index < -0.39 is 5.97 Å². The van der Waals surface area contributed by atoms with E-state index in [2.05, 4.69) is 36.6 Å². The van der Waals surface area contributed by atoms with Crippen LogP contribution in [0.1, 0.15) is 117 Å². The van der Waals surface area contributed by atoms with Gasteiger partial charge in [0.15, 0.2) is 6.26 Å². The molecule has 0 aliphatic rings. The van der Waals surface area contributed by atoms with Crippen LogP contribution >= 0.6 is 0 Å². The van der Waals surface area contributed by atoms with Crippen LogP contribution in [0.15, 0.2) is 12.5 Å². The molecule has 0 amide bonds. The zero-order valence-corrected chi connectivity index (χ0v) is 20.6. The van der Waals surface area contributed by atoms with Crippen molar-refractivity contribution < 1.29 is 44.0 Å². The summed E-state index contributed by atoms with van der Waals surface area (Å²) >= 11 is 0. The predicted octanol–water partition coefficient (Wildman–Crippen LogP) is 6.57. The van der Waals surface area contributed by atoms with Gasteiger partial charge in [0.2, 0.25) is 0 Å². The molecule has 0 spiro atoms. The molecule has 0 heterocycles. The maximum absolute atomic E-state index is 11.6. The molecule has 0 radical (unpaired) electrons. The molecular weight excluding hydrogens is 432 g/mol. The van der Waals surface area contributed by atoms with Crippen LogP contribution in [-0.2, 0) is 44.0 Å². The summed E-state index contributed by atoms with van der Waals surface area (Å²) in [4.78, 5) is 30.9. The Kier molecular flexibility index (Phi) is 25.2. The molecule has 0 aliphatic heterocycles. The van der Waals surface area contributed by atoms with Crippen LogP contribution < -0.4 is 0 Å². The van der Waals surface area contributed by atoms with Crippen molar-refractivity contribution in [3.8, 4) is 0 Å². The summed E-state index contributed by atoms with van der Waals surface area (Å²) in [6, 6.07) is 0. The van der Waals surface area contributed by atoms with E-state index in [1.165, 1.54) is 84.0 Å². The second-order valence-electron chi connectivity index (χ2n) is 7.92. The van der Waals surface area contributed by atoms with E-state index in [-0.39, 0.29) is 19.2 Å². The van der Waals surface area contributed by atoms with E-state index in [1.807, 2.05) is 0 Å². The minimum atomic E-state index is -0.432. The number of rotatable bonds is 25. The lowest BCUT2D eigenvalue weighted by atomic mass is 10.0. The molecule has 0 fully saturated rings. The summed E-state index contributed by atoms with van der Waals surface area (Å²) in [5.74, 6) is -0.770. The molecule has 0 aromatic heterocycles. The molecule has 9 heteroatoms. The molecule has 0 atom stereocenters. The van der Waals surface area contributed by atoms with Crippen molar-refractivity contribution in [2.75, 3.05) is 13.2 Å². The Bertz CT molecular complexity index is 469. The van der Waals surface area contributed by atoms with E-state index in [0.717, 1.165) is 31.8 Å². The highest BCUT2D eigenvalue weighted by Crippen LogP contribution is 2.13. The number of hydrogen-bond donors (Lipinski definition) is 0. The molecule has 0 saturated carbocycles. The zero-order valence-electron chi connectivity index (χ0n) is 20.6. The summed E-state index contributed by atoms with van der Waals surface area (Å²) in [5, 5.41) is 12.2. The molecule has 0 saturated heterocycles. The molecule has 9 nitrogen and oxygen atoms in total.